The van der Waals surface area contributed by atoms with Crippen LogP contribution in [0.5, 0.6) is 0 Å². The van der Waals surface area contributed by atoms with Crippen LogP contribution in [0.1, 0.15) is 45.4 Å². The molecule has 2 rings (SSSR count). The molecule has 0 spiro atoms. The Morgan fingerprint density at radius 1 is 1.50 bits per heavy atom. The number of thiophene rings is 1. The Bertz CT molecular complexity index is 450. The molecule has 1 aromatic heterocycles. The number of nitrogens with two attached hydrogens (primary N) is 1. The minimum atomic E-state index is -0.479. The van der Waals surface area contributed by atoms with E-state index < -0.39 is 5.97 Å². The number of carbonyl (C=O) groups is 2. The summed E-state index contributed by atoms with van der Waals surface area (Å²) in [5, 5.41) is 0.402. The lowest BCUT2D eigenvalue weighted by Gasteiger charge is -2.10. The quantitative estimate of drug-likeness (QED) is 0.802. The van der Waals surface area contributed by atoms with Crippen LogP contribution >= 0.6 is 11.3 Å². The lowest BCUT2D eigenvalue weighted by atomic mass is 9.94. The zero-order valence-corrected chi connectivity index (χ0v) is 9.86. The lowest BCUT2D eigenvalue weighted by molar-refractivity contribution is 0.0524. The van der Waals surface area contributed by atoms with Gasteiger partial charge in [-0.1, -0.05) is 0 Å². The Morgan fingerprint density at radius 3 is 2.94 bits per heavy atom. The summed E-state index contributed by atoms with van der Waals surface area (Å²) in [6, 6.07) is 0. The third-order valence-electron chi connectivity index (χ3n) is 2.57. The molecule has 0 amide bonds. The standard InChI is InChI=1S/C11H13NO3S/c1-2-15-11(14)9-8-6(13)4-3-5-7(8)16-10(9)12/h2-5,12H2,1H3. The second-order valence-electron chi connectivity index (χ2n) is 3.64. The Labute approximate surface area is 97.4 Å². The molecule has 1 aromatic rings. The first-order valence-electron chi connectivity index (χ1n) is 5.26. The van der Waals surface area contributed by atoms with Crippen molar-refractivity contribution in [2.75, 3.05) is 12.3 Å². The van der Waals surface area contributed by atoms with Gasteiger partial charge in [-0.2, -0.15) is 0 Å². The highest BCUT2D eigenvalue weighted by molar-refractivity contribution is 7.16. The number of fused-ring (bicyclic) bond motifs is 1. The zero-order chi connectivity index (χ0) is 11.7. The van der Waals surface area contributed by atoms with E-state index in [0.29, 0.717) is 17.0 Å². The van der Waals surface area contributed by atoms with Gasteiger partial charge in [-0.25, -0.2) is 4.79 Å². The fourth-order valence-electron chi connectivity index (χ4n) is 1.91. The molecule has 1 heterocycles. The fourth-order valence-corrected chi connectivity index (χ4v) is 3.03. The van der Waals surface area contributed by atoms with Crippen molar-refractivity contribution in [3.8, 4) is 0 Å². The van der Waals surface area contributed by atoms with E-state index in [1.54, 1.807) is 6.92 Å². The summed E-state index contributed by atoms with van der Waals surface area (Å²) in [4.78, 5) is 24.4. The summed E-state index contributed by atoms with van der Waals surface area (Å²) in [5.41, 5.74) is 6.57. The number of hydrogen-bond acceptors (Lipinski definition) is 5. The molecule has 0 radical (unpaired) electrons. The summed E-state index contributed by atoms with van der Waals surface area (Å²) >= 11 is 1.33. The van der Waals surface area contributed by atoms with Gasteiger partial charge >= 0.3 is 5.97 Å². The van der Waals surface area contributed by atoms with Crippen LogP contribution < -0.4 is 5.73 Å². The number of ketones is 1. The van der Waals surface area contributed by atoms with E-state index in [1.165, 1.54) is 11.3 Å². The molecule has 86 valence electrons. The second kappa shape index (κ2) is 4.25. The van der Waals surface area contributed by atoms with Gasteiger partial charge in [0.2, 0.25) is 0 Å². The average Bonchev–Trinajstić information content (AvgIpc) is 2.56. The summed E-state index contributed by atoms with van der Waals surface area (Å²) < 4.78 is 4.92. The molecule has 0 atom stereocenters. The van der Waals surface area contributed by atoms with Gasteiger partial charge in [0.15, 0.2) is 5.78 Å². The Balaban J connectivity index is 2.48. The number of esters is 1. The van der Waals surface area contributed by atoms with Crippen molar-refractivity contribution in [2.24, 2.45) is 0 Å². The van der Waals surface area contributed by atoms with Crippen molar-refractivity contribution < 1.29 is 14.3 Å². The number of anilines is 1. The fraction of sp³-hybridized carbons (Fsp3) is 0.455. The maximum absolute atomic E-state index is 11.8. The van der Waals surface area contributed by atoms with Crippen molar-refractivity contribution in [1.29, 1.82) is 0 Å². The van der Waals surface area contributed by atoms with Gasteiger partial charge in [-0.15, -0.1) is 11.3 Å². The van der Waals surface area contributed by atoms with E-state index in [0.717, 1.165) is 17.7 Å². The molecule has 0 saturated heterocycles. The lowest BCUT2D eigenvalue weighted by Crippen LogP contribution is -2.15. The van der Waals surface area contributed by atoms with Crippen molar-refractivity contribution in [2.45, 2.75) is 26.2 Å². The van der Waals surface area contributed by atoms with Gasteiger partial charge in [0, 0.05) is 16.9 Å². The van der Waals surface area contributed by atoms with E-state index in [9.17, 15) is 9.59 Å². The van der Waals surface area contributed by atoms with Crippen LogP contribution in [0.3, 0.4) is 0 Å². The second-order valence-corrected chi connectivity index (χ2v) is 4.77. The van der Waals surface area contributed by atoms with Crippen LogP contribution in [0, 0.1) is 0 Å². The largest absolute Gasteiger partial charge is 0.462 e. The Kier molecular flexibility index (Phi) is 2.96. The van der Waals surface area contributed by atoms with Crippen LogP contribution in [0.2, 0.25) is 0 Å². The minimum absolute atomic E-state index is 0.0113. The summed E-state index contributed by atoms with van der Waals surface area (Å²) in [7, 11) is 0. The predicted octanol–water partition coefficient (Wildman–Crippen LogP) is 2.03. The van der Waals surface area contributed by atoms with Gasteiger partial charge in [0.25, 0.3) is 0 Å². The first-order chi connectivity index (χ1) is 7.65. The number of Topliss-reactive ketones (excluding diaryl/α,β-unsaturated/α-hetero) is 1. The first kappa shape index (κ1) is 11.1. The van der Waals surface area contributed by atoms with Gasteiger partial charge in [0.1, 0.15) is 10.6 Å². The molecule has 0 aliphatic heterocycles. The molecule has 1 aliphatic rings. The van der Waals surface area contributed by atoms with Crippen molar-refractivity contribution in [3.05, 3.63) is 16.0 Å². The summed E-state index contributed by atoms with van der Waals surface area (Å²) in [6.45, 7) is 2.02. The van der Waals surface area contributed by atoms with Gasteiger partial charge < -0.3 is 10.5 Å². The average molecular weight is 239 g/mol. The van der Waals surface area contributed by atoms with Crippen LogP contribution in [0.25, 0.3) is 0 Å². The Morgan fingerprint density at radius 2 is 2.25 bits per heavy atom. The highest BCUT2D eigenvalue weighted by atomic mass is 32.1. The molecule has 0 unspecified atom stereocenters. The third kappa shape index (κ3) is 1.71. The SMILES string of the molecule is CCOC(=O)c1c(N)sc2c1C(=O)CCC2. The molecule has 16 heavy (non-hydrogen) atoms. The number of hydrogen-bond donors (Lipinski definition) is 1. The van der Waals surface area contributed by atoms with E-state index >= 15 is 0 Å². The molecule has 0 fully saturated rings. The number of nitrogen functional groups attached to an aromatic ring is 1. The molecule has 2 N–H and O–H groups in total. The summed E-state index contributed by atoms with van der Waals surface area (Å²) in [6.07, 6.45) is 2.17. The third-order valence-corrected chi connectivity index (χ3v) is 3.65. The summed E-state index contributed by atoms with van der Waals surface area (Å²) in [5.74, 6) is -0.468. The maximum atomic E-state index is 11.8. The molecular formula is C11H13NO3S. The van der Waals surface area contributed by atoms with E-state index in [-0.39, 0.29) is 18.0 Å². The van der Waals surface area contributed by atoms with E-state index in [4.69, 9.17) is 10.5 Å². The molecule has 0 aromatic carbocycles. The monoisotopic (exact) mass is 239 g/mol. The van der Waals surface area contributed by atoms with E-state index in [1.807, 2.05) is 0 Å². The zero-order valence-electron chi connectivity index (χ0n) is 9.04. The molecule has 0 bridgehead atoms. The number of carbonyl (C=O) groups excluding carboxylic acids is 2. The highest BCUT2D eigenvalue weighted by Crippen LogP contribution is 2.36. The van der Waals surface area contributed by atoms with Crippen LogP contribution in [0.15, 0.2) is 0 Å². The normalized spacial score (nSPS) is 14.7. The number of ether oxygens (including phenoxy) is 1. The predicted molar refractivity (Wildman–Crippen MR) is 62.0 cm³/mol. The van der Waals surface area contributed by atoms with Crippen molar-refractivity contribution >= 4 is 28.1 Å². The highest BCUT2D eigenvalue weighted by Gasteiger charge is 2.29. The molecule has 5 heteroatoms. The molecule has 0 saturated carbocycles. The Hall–Kier alpha value is -1.36. The molecular weight excluding hydrogens is 226 g/mol. The van der Waals surface area contributed by atoms with Crippen molar-refractivity contribution in [1.82, 2.24) is 0 Å². The van der Waals surface area contributed by atoms with Gasteiger partial charge in [-0.05, 0) is 19.8 Å². The smallest absolute Gasteiger partial charge is 0.341 e. The topological polar surface area (TPSA) is 69.4 Å². The minimum Gasteiger partial charge on any atom is -0.462 e. The maximum Gasteiger partial charge on any atom is 0.341 e. The van der Waals surface area contributed by atoms with Gasteiger partial charge in [-0.3, -0.25) is 4.79 Å². The number of aryl methyl sites for hydroxylation is 1. The molecule has 4 nitrogen and oxygen atoms in total. The number of rotatable bonds is 2. The van der Waals surface area contributed by atoms with E-state index in [2.05, 4.69) is 0 Å². The molecule has 1 aliphatic carbocycles. The van der Waals surface area contributed by atoms with Crippen LogP contribution in [-0.2, 0) is 11.2 Å². The van der Waals surface area contributed by atoms with Crippen molar-refractivity contribution in [3.63, 3.8) is 0 Å². The van der Waals surface area contributed by atoms with Crippen LogP contribution in [-0.4, -0.2) is 18.4 Å². The first-order valence-corrected chi connectivity index (χ1v) is 6.08. The van der Waals surface area contributed by atoms with Crippen LogP contribution in [0.4, 0.5) is 5.00 Å². The van der Waals surface area contributed by atoms with Gasteiger partial charge in [0.05, 0.1) is 6.61 Å².